The lowest BCUT2D eigenvalue weighted by Crippen LogP contribution is -2.29. The van der Waals surface area contributed by atoms with Crippen molar-refractivity contribution in [3.05, 3.63) is 0 Å². The number of sulfonamides is 1. The van der Waals surface area contributed by atoms with Gasteiger partial charge in [-0.25, -0.2) is 13.1 Å². The van der Waals surface area contributed by atoms with E-state index in [-0.39, 0.29) is 0 Å². The molecule has 0 rings (SSSR count). The van der Waals surface area contributed by atoms with Crippen LogP contribution in [0.1, 0.15) is 20.3 Å². The van der Waals surface area contributed by atoms with Gasteiger partial charge in [0.2, 0.25) is 10.0 Å². The molecule has 0 atom stereocenters. The summed E-state index contributed by atoms with van der Waals surface area (Å²) in [6.45, 7) is 5.48. The molecule has 0 aromatic rings. The Morgan fingerprint density at radius 3 is 2.25 bits per heavy atom. The number of hydrogen-bond donors (Lipinski definition) is 2. The van der Waals surface area contributed by atoms with Gasteiger partial charge in [0, 0.05) is 12.6 Å². The molecule has 0 unspecified atom stereocenters. The predicted molar refractivity (Wildman–Crippen MR) is 50.6 cm³/mol. The van der Waals surface area contributed by atoms with Crippen molar-refractivity contribution in [1.29, 1.82) is 0 Å². The normalized spacial score (nSPS) is 12.3. The van der Waals surface area contributed by atoms with Gasteiger partial charge in [0.1, 0.15) is 0 Å². The van der Waals surface area contributed by atoms with Gasteiger partial charge in [-0.3, -0.25) is 0 Å². The van der Waals surface area contributed by atoms with Crippen molar-refractivity contribution in [1.82, 2.24) is 10.0 Å². The first kappa shape index (κ1) is 11.9. The van der Waals surface area contributed by atoms with E-state index in [1.54, 1.807) is 0 Å². The van der Waals surface area contributed by atoms with Gasteiger partial charge in [0.25, 0.3) is 0 Å². The summed E-state index contributed by atoms with van der Waals surface area (Å²) in [6.07, 6.45) is 1.99. The maximum atomic E-state index is 10.6. The molecule has 0 aliphatic carbocycles. The van der Waals surface area contributed by atoms with Gasteiger partial charge in [-0.15, -0.1) is 0 Å². The summed E-state index contributed by atoms with van der Waals surface area (Å²) in [5.74, 6) is 0. The van der Waals surface area contributed by atoms with Crippen molar-refractivity contribution < 1.29 is 8.42 Å². The zero-order valence-corrected chi connectivity index (χ0v) is 8.74. The Hall–Kier alpha value is -0.130. The second-order valence-corrected chi connectivity index (χ2v) is 4.96. The molecule has 0 saturated heterocycles. The number of nitrogens with one attached hydrogen (secondary N) is 2. The minimum Gasteiger partial charge on any atom is -0.314 e. The minimum atomic E-state index is -3.00. The Bertz CT molecular complexity index is 199. The van der Waals surface area contributed by atoms with Crippen LogP contribution in [0.2, 0.25) is 0 Å². The molecular weight excluding hydrogens is 176 g/mol. The van der Waals surface area contributed by atoms with Crippen molar-refractivity contribution in [2.75, 3.05) is 19.3 Å². The Morgan fingerprint density at radius 2 is 1.83 bits per heavy atom. The van der Waals surface area contributed by atoms with Gasteiger partial charge < -0.3 is 5.32 Å². The second kappa shape index (κ2) is 5.50. The molecule has 4 nitrogen and oxygen atoms in total. The molecule has 0 aromatic heterocycles. The van der Waals surface area contributed by atoms with E-state index in [4.69, 9.17) is 0 Å². The van der Waals surface area contributed by atoms with E-state index in [0.29, 0.717) is 12.6 Å². The van der Waals surface area contributed by atoms with Crippen LogP contribution in [-0.4, -0.2) is 33.8 Å². The fourth-order valence-corrected chi connectivity index (χ4v) is 1.25. The number of hydrogen-bond acceptors (Lipinski definition) is 3. The minimum absolute atomic E-state index is 0.461. The van der Waals surface area contributed by atoms with Gasteiger partial charge in [-0.05, 0) is 13.0 Å². The van der Waals surface area contributed by atoms with Crippen molar-refractivity contribution in [3.63, 3.8) is 0 Å². The SMILES string of the molecule is CC(C)NCCCNS(C)(=O)=O. The molecule has 12 heavy (non-hydrogen) atoms. The summed E-state index contributed by atoms with van der Waals surface area (Å²) < 4.78 is 23.6. The summed E-state index contributed by atoms with van der Waals surface area (Å²) in [7, 11) is -3.00. The van der Waals surface area contributed by atoms with Crippen molar-refractivity contribution in [2.24, 2.45) is 0 Å². The zero-order chi connectivity index (χ0) is 9.61. The van der Waals surface area contributed by atoms with E-state index in [1.807, 2.05) is 0 Å². The van der Waals surface area contributed by atoms with E-state index in [2.05, 4.69) is 23.9 Å². The van der Waals surface area contributed by atoms with Crippen molar-refractivity contribution in [2.45, 2.75) is 26.3 Å². The highest BCUT2D eigenvalue weighted by Gasteiger charge is 1.98. The number of rotatable bonds is 6. The monoisotopic (exact) mass is 194 g/mol. The summed E-state index contributed by atoms with van der Waals surface area (Å²) in [5, 5.41) is 3.20. The van der Waals surface area contributed by atoms with Gasteiger partial charge in [-0.1, -0.05) is 13.8 Å². The molecule has 0 aliphatic rings. The molecule has 0 saturated carbocycles. The molecule has 0 fully saturated rings. The van der Waals surface area contributed by atoms with Crippen LogP contribution in [0.3, 0.4) is 0 Å². The maximum Gasteiger partial charge on any atom is 0.208 e. The first-order valence-corrected chi connectivity index (χ1v) is 5.99. The Balaban J connectivity index is 3.23. The van der Waals surface area contributed by atoms with Crippen molar-refractivity contribution >= 4 is 10.0 Å². The third kappa shape index (κ3) is 9.87. The summed E-state index contributed by atoms with van der Waals surface area (Å²) in [6, 6.07) is 0.461. The average molecular weight is 194 g/mol. The smallest absolute Gasteiger partial charge is 0.208 e. The fraction of sp³-hybridized carbons (Fsp3) is 1.00. The summed E-state index contributed by atoms with van der Waals surface area (Å²) >= 11 is 0. The first-order valence-electron chi connectivity index (χ1n) is 4.10. The molecular formula is C7H18N2O2S. The molecule has 2 N–H and O–H groups in total. The second-order valence-electron chi connectivity index (χ2n) is 3.13. The fourth-order valence-electron chi connectivity index (χ4n) is 0.737. The van der Waals surface area contributed by atoms with Crippen LogP contribution in [-0.2, 0) is 10.0 Å². The summed E-state index contributed by atoms with van der Waals surface area (Å²) in [5.41, 5.74) is 0. The van der Waals surface area contributed by atoms with Gasteiger partial charge in [0.05, 0.1) is 6.26 Å². The van der Waals surface area contributed by atoms with E-state index in [9.17, 15) is 8.42 Å². The standard InChI is InChI=1S/C7H18N2O2S/c1-7(2)8-5-4-6-9-12(3,10)11/h7-9H,4-6H2,1-3H3. The topological polar surface area (TPSA) is 58.2 Å². The van der Waals surface area contributed by atoms with Crippen LogP contribution in [0.15, 0.2) is 0 Å². The Labute approximate surface area is 74.8 Å². The van der Waals surface area contributed by atoms with Crippen LogP contribution in [0, 0.1) is 0 Å². The highest BCUT2D eigenvalue weighted by molar-refractivity contribution is 7.88. The molecule has 0 aromatic carbocycles. The predicted octanol–water partition coefficient (Wildman–Crippen LogP) is -0.0763. The zero-order valence-electron chi connectivity index (χ0n) is 7.92. The van der Waals surface area contributed by atoms with Crippen LogP contribution in [0.25, 0.3) is 0 Å². The van der Waals surface area contributed by atoms with E-state index in [0.717, 1.165) is 13.0 Å². The van der Waals surface area contributed by atoms with Crippen LogP contribution in [0.4, 0.5) is 0 Å². The van der Waals surface area contributed by atoms with Gasteiger partial charge in [0.15, 0.2) is 0 Å². The van der Waals surface area contributed by atoms with E-state index < -0.39 is 10.0 Å². The molecule has 0 aliphatic heterocycles. The maximum absolute atomic E-state index is 10.6. The van der Waals surface area contributed by atoms with Crippen LogP contribution < -0.4 is 10.0 Å². The van der Waals surface area contributed by atoms with Crippen LogP contribution >= 0.6 is 0 Å². The van der Waals surface area contributed by atoms with Crippen LogP contribution in [0.5, 0.6) is 0 Å². The van der Waals surface area contributed by atoms with Crippen molar-refractivity contribution in [3.8, 4) is 0 Å². The molecule has 5 heteroatoms. The Kier molecular flexibility index (Phi) is 5.44. The molecule has 0 spiro atoms. The summed E-state index contributed by atoms with van der Waals surface area (Å²) in [4.78, 5) is 0. The molecule has 0 radical (unpaired) electrons. The molecule has 74 valence electrons. The first-order chi connectivity index (χ1) is 5.42. The van der Waals surface area contributed by atoms with E-state index in [1.165, 1.54) is 6.26 Å². The largest absolute Gasteiger partial charge is 0.314 e. The Morgan fingerprint density at radius 1 is 1.25 bits per heavy atom. The third-order valence-corrected chi connectivity index (χ3v) is 2.00. The molecule has 0 amide bonds. The average Bonchev–Trinajstić information content (AvgIpc) is 1.83. The van der Waals surface area contributed by atoms with Gasteiger partial charge >= 0.3 is 0 Å². The lowest BCUT2D eigenvalue weighted by molar-refractivity contribution is 0.557. The molecule has 0 heterocycles. The highest BCUT2D eigenvalue weighted by Crippen LogP contribution is 1.80. The lowest BCUT2D eigenvalue weighted by Gasteiger charge is -2.07. The molecule has 0 bridgehead atoms. The highest BCUT2D eigenvalue weighted by atomic mass is 32.2. The lowest BCUT2D eigenvalue weighted by atomic mass is 10.3. The quantitative estimate of drug-likeness (QED) is 0.582. The third-order valence-electron chi connectivity index (χ3n) is 1.27. The van der Waals surface area contributed by atoms with Gasteiger partial charge in [-0.2, -0.15) is 0 Å². The van der Waals surface area contributed by atoms with E-state index >= 15 is 0 Å².